The second kappa shape index (κ2) is 7.70. The van der Waals surface area contributed by atoms with E-state index in [-0.39, 0.29) is 17.6 Å². The molecule has 6 heteroatoms. The minimum Gasteiger partial charge on any atom is -0.497 e. The molecule has 2 aromatic rings. The first-order valence-electron chi connectivity index (χ1n) is 9.77. The average Bonchev–Trinajstić information content (AvgIpc) is 2.99. The second-order valence-corrected chi connectivity index (χ2v) is 7.54. The molecule has 29 heavy (non-hydrogen) atoms. The second-order valence-electron chi connectivity index (χ2n) is 7.54. The van der Waals surface area contributed by atoms with Crippen molar-refractivity contribution in [3.8, 4) is 5.75 Å². The Balaban J connectivity index is 1.77. The van der Waals surface area contributed by atoms with Gasteiger partial charge in [-0.2, -0.15) is 0 Å². The highest BCUT2D eigenvalue weighted by atomic mass is 19.1. The maximum Gasteiger partial charge on any atom is 0.282 e. The molecule has 150 valence electrons. The molecule has 2 aromatic carbocycles. The van der Waals surface area contributed by atoms with Crippen molar-refractivity contribution in [2.45, 2.75) is 19.8 Å². The molecule has 1 saturated heterocycles. The monoisotopic (exact) mass is 394 g/mol. The van der Waals surface area contributed by atoms with E-state index in [1.54, 1.807) is 43.5 Å². The molecule has 1 fully saturated rings. The summed E-state index contributed by atoms with van der Waals surface area (Å²) in [4.78, 5) is 30.0. The van der Waals surface area contributed by atoms with Gasteiger partial charge >= 0.3 is 0 Å². The van der Waals surface area contributed by atoms with Crippen molar-refractivity contribution in [3.63, 3.8) is 0 Å². The average molecular weight is 394 g/mol. The lowest BCUT2D eigenvalue weighted by atomic mass is 9.97. The van der Waals surface area contributed by atoms with Gasteiger partial charge in [-0.15, -0.1) is 0 Å². The zero-order chi connectivity index (χ0) is 20.5. The highest BCUT2D eigenvalue weighted by Crippen LogP contribution is 2.36. The normalized spacial score (nSPS) is 18.0. The van der Waals surface area contributed by atoms with Crippen molar-refractivity contribution in [1.82, 2.24) is 4.90 Å². The van der Waals surface area contributed by atoms with E-state index >= 15 is 0 Å². The molecule has 0 aromatic heterocycles. The van der Waals surface area contributed by atoms with Crippen LogP contribution in [0.1, 0.15) is 25.3 Å². The van der Waals surface area contributed by atoms with Gasteiger partial charge < -0.3 is 9.64 Å². The quantitative estimate of drug-likeness (QED) is 0.739. The number of carbonyl (C=O) groups is 2. The zero-order valence-corrected chi connectivity index (χ0v) is 16.5. The number of nitrogens with zero attached hydrogens (tertiary/aromatic N) is 2. The van der Waals surface area contributed by atoms with Crippen LogP contribution >= 0.6 is 0 Å². The minimum absolute atomic E-state index is 0.334. The van der Waals surface area contributed by atoms with E-state index in [4.69, 9.17) is 4.74 Å². The number of likely N-dealkylation sites (tertiary alicyclic amines) is 1. The van der Waals surface area contributed by atoms with Crippen molar-refractivity contribution in [3.05, 3.63) is 65.6 Å². The minimum atomic E-state index is -0.389. The molecule has 0 saturated carbocycles. The number of hydrogen-bond acceptors (Lipinski definition) is 4. The number of halogens is 1. The lowest BCUT2D eigenvalue weighted by Gasteiger charge is -2.32. The van der Waals surface area contributed by atoms with Crippen LogP contribution in [0.4, 0.5) is 10.1 Å². The Hall–Kier alpha value is -3.15. The van der Waals surface area contributed by atoms with Crippen molar-refractivity contribution >= 4 is 23.1 Å². The molecule has 0 bridgehead atoms. The first-order valence-corrected chi connectivity index (χ1v) is 9.77. The summed E-state index contributed by atoms with van der Waals surface area (Å²) in [6, 6.07) is 12.6. The topological polar surface area (TPSA) is 49.9 Å². The van der Waals surface area contributed by atoms with Gasteiger partial charge in [0.2, 0.25) is 0 Å². The van der Waals surface area contributed by atoms with Gasteiger partial charge in [0.25, 0.3) is 11.8 Å². The molecule has 0 atom stereocenters. The molecule has 0 N–H and O–H groups in total. The number of methoxy groups -OCH3 is 1. The molecular weight excluding hydrogens is 371 g/mol. The van der Waals surface area contributed by atoms with Crippen molar-refractivity contribution in [2.24, 2.45) is 5.92 Å². The molecule has 2 aliphatic rings. The third kappa shape index (κ3) is 3.50. The Kier molecular flexibility index (Phi) is 5.09. The van der Waals surface area contributed by atoms with Crippen LogP contribution in [0.5, 0.6) is 5.75 Å². The summed E-state index contributed by atoms with van der Waals surface area (Å²) in [5.74, 6) is 0.122. The van der Waals surface area contributed by atoms with Crippen LogP contribution in [0.3, 0.4) is 0 Å². The number of benzene rings is 2. The number of carbonyl (C=O) groups excluding carboxylic acids is 2. The van der Waals surface area contributed by atoms with Gasteiger partial charge in [0, 0.05) is 13.1 Å². The van der Waals surface area contributed by atoms with Crippen molar-refractivity contribution < 1.29 is 18.7 Å². The van der Waals surface area contributed by atoms with E-state index < -0.39 is 0 Å². The predicted molar refractivity (Wildman–Crippen MR) is 109 cm³/mol. The fourth-order valence-electron chi connectivity index (χ4n) is 3.89. The molecule has 0 unspecified atom stereocenters. The van der Waals surface area contributed by atoms with Gasteiger partial charge in [0.1, 0.15) is 17.3 Å². The molecule has 2 heterocycles. The van der Waals surface area contributed by atoms with Crippen LogP contribution in [-0.4, -0.2) is 36.9 Å². The lowest BCUT2D eigenvalue weighted by Crippen LogP contribution is -2.38. The SMILES string of the molecule is COc1ccc(N2C(=O)C(c3ccc(F)cc3)=C(N3CCC(C)CC3)C2=O)cc1. The summed E-state index contributed by atoms with van der Waals surface area (Å²) < 4.78 is 18.6. The highest BCUT2D eigenvalue weighted by Gasteiger charge is 2.42. The first kappa shape index (κ1) is 19.2. The van der Waals surface area contributed by atoms with E-state index in [0.717, 1.165) is 25.9 Å². The number of imide groups is 1. The van der Waals surface area contributed by atoms with Gasteiger partial charge in [-0.25, -0.2) is 9.29 Å². The molecule has 2 aliphatic heterocycles. The Bertz CT molecular complexity index is 959. The van der Waals surface area contributed by atoms with Crippen LogP contribution in [0.2, 0.25) is 0 Å². The maximum atomic E-state index is 13.5. The van der Waals surface area contributed by atoms with E-state index in [1.165, 1.54) is 17.0 Å². The Labute approximate surface area is 169 Å². The van der Waals surface area contributed by atoms with Crippen LogP contribution in [-0.2, 0) is 9.59 Å². The fourth-order valence-corrected chi connectivity index (χ4v) is 3.89. The van der Waals surface area contributed by atoms with Gasteiger partial charge in [0.05, 0.1) is 18.4 Å². The van der Waals surface area contributed by atoms with E-state index in [1.807, 2.05) is 4.90 Å². The molecule has 4 rings (SSSR count). The number of anilines is 1. The molecule has 5 nitrogen and oxygen atoms in total. The summed E-state index contributed by atoms with van der Waals surface area (Å²) in [5.41, 5.74) is 1.78. The number of rotatable bonds is 4. The molecule has 0 radical (unpaired) electrons. The molecule has 0 aliphatic carbocycles. The molecule has 0 spiro atoms. The summed E-state index contributed by atoms with van der Waals surface area (Å²) in [5, 5.41) is 0. The Morgan fingerprint density at radius 2 is 1.55 bits per heavy atom. The first-order chi connectivity index (χ1) is 14.0. The van der Waals surface area contributed by atoms with E-state index in [0.29, 0.717) is 34.2 Å². The molecular formula is C23H23FN2O3. The van der Waals surface area contributed by atoms with Crippen LogP contribution < -0.4 is 9.64 Å². The number of piperidine rings is 1. The van der Waals surface area contributed by atoms with Gasteiger partial charge in [-0.1, -0.05) is 19.1 Å². The van der Waals surface area contributed by atoms with Crippen LogP contribution in [0.15, 0.2) is 54.2 Å². The maximum absolute atomic E-state index is 13.5. The van der Waals surface area contributed by atoms with Crippen LogP contribution in [0.25, 0.3) is 5.57 Å². The lowest BCUT2D eigenvalue weighted by molar-refractivity contribution is -0.120. The Morgan fingerprint density at radius 1 is 0.931 bits per heavy atom. The van der Waals surface area contributed by atoms with Gasteiger partial charge in [-0.3, -0.25) is 9.59 Å². The Morgan fingerprint density at radius 3 is 2.14 bits per heavy atom. The summed E-state index contributed by atoms with van der Waals surface area (Å²) in [6.07, 6.45) is 1.93. The number of amides is 2. The van der Waals surface area contributed by atoms with Gasteiger partial charge in [-0.05, 0) is 60.7 Å². The van der Waals surface area contributed by atoms with Crippen LogP contribution in [0, 0.1) is 11.7 Å². The van der Waals surface area contributed by atoms with Gasteiger partial charge in [0.15, 0.2) is 0 Å². The highest BCUT2D eigenvalue weighted by molar-refractivity contribution is 6.45. The zero-order valence-electron chi connectivity index (χ0n) is 16.5. The third-order valence-corrected chi connectivity index (χ3v) is 5.62. The van der Waals surface area contributed by atoms with Crippen molar-refractivity contribution in [2.75, 3.05) is 25.1 Å². The third-order valence-electron chi connectivity index (χ3n) is 5.62. The largest absolute Gasteiger partial charge is 0.497 e. The standard InChI is InChI=1S/C23H23FN2O3/c1-15-11-13-25(14-12-15)21-20(16-3-5-17(24)6-4-16)22(27)26(23(21)28)18-7-9-19(29-2)10-8-18/h3-10,15H,11-14H2,1-2H3. The number of hydrogen-bond donors (Lipinski definition) is 0. The fraction of sp³-hybridized carbons (Fsp3) is 0.304. The number of ether oxygens (including phenoxy) is 1. The summed E-state index contributed by atoms with van der Waals surface area (Å²) in [7, 11) is 1.56. The van der Waals surface area contributed by atoms with Crippen molar-refractivity contribution in [1.29, 1.82) is 0 Å². The van der Waals surface area contributed by atoms with E-state index in [9.17, 15) is 14.0 Å². The predicted octanol–water partition coefficient (Wildman–Crippen LogP) is 3.85. The summed E-state index contributed by atoms with van der Waals surface area (Å²) in [6.45, 7) is 3.63. The smallest absolute Gasteiger partial charge is 0.282 e. The van der Waals surface area contributed by atoms with E-state index in [2.05, 4.69) is 6.92 Å². The molecule has 2 amide bonds. The summed E-state index contributed by atoms with van der Waals surface area (Å²) >= 11 is 0.